The number of carboxylic acid groups (broad SMARTS) is 1. The Bertz CT molecular complexity index is 1130. The average molecular weight is 539 g/mol. The third-order valence-corrected chi connectivity index (χ3v) is 7.49. The molecule has 2 aromatic rings. The Kier molecular flexibility index (Phi) is 9.37. The van der Waals surface area contributed by atoms with Crippen LogP contribution in [-0.4, -0.2) is 47.9 Å². The van der Waals surface area contributed by atoms with Gasteiger partial charge in [-0.3, -0.25) is 4.90 Å². The molecular formula is C32H46N2O5. The summed E-state index contributed by atoms with van der Waals surface area (Å²) in [6.45, 7) is 17.2. The summed E-state index contributed by atoms with van der Waals surface area (Å²) in [5, 5.41) is 14.2. The van der Waals surface area contributed by atoms with Crippen molar-refractivity contribution in [2.75, 3.05) is 13.7 Å². The van der Waals surface area contributed by atoms with Crippen LogP contribution in [0.2, 0.25) is 0 Å². The number of nitrogens with zero attached hydrogens (tertiary/aromatic N) is 1. The number of benzene rings is 2. The SMILES string of the molecule is COc1ccc(C(C)(C)C)cc1CN[C@H]1[C@H](C(C)(C)C)[C@@H](C(=O)O)N(C(=O)OCC(C)C)[C@H]1c1ccccc1. The molecule has 0 radical (unpaired) electrons. The van der Waals surface area contributed by atoms with Gasteiger partial charge in [-0.15, -0.1) is 0 Å². The van der Waals surface area contributed by atoms with E-state index < -0.39 is 35.5 Å². The van der Waals surface area contributed by atoms with E-state index in [0.29, 0.717) is 6.54 Å². The molecular weight excluding hydrogens is 492 g/mol. The lowest BCUT2D eigenvalue weighted by molar-refractivity contribution is -0.144. The van der Waals surface area contributed by atoms with E-state index in [0.717, 1.165) is 16.9 Å². The molecule has 1 aliphatic heterocycles. The molecule has 0 unspecified atom stereocenters. The van der Waals surface area contributed by atoms with Gasteiger partial charge in [0.1, 0.15) is 11.8 Å². The highest BCUT2D eigenvalue weighted by molar-refractivity contribution is 5.82. The van der Waals surface area contributed by atoms with Crippen LogP contribution in [-0.2, 0) is 21.5 Å². The fraction of sp³-hybridized carbons (Fsp3) is 0.562. The van der Waals surface area contributed by atoms with Crippen LogP contribution in [0.1, 0.15) is 78.1 Å². The molecule has 1 heterocycles. The number of aliphatic carboxylic acids is 1. The second-order valence-electron chi connectivity index (χ2n) is 13.1. The monoisotopic (exact) mass is 538 g/mol. The normalized spacial score (nSPS) is 21.7. The highest BCUT2D eigenvalue weighted by Crippen LogP contribution is 2.48. The average Bonchev–Trinajstić information content (AvgIpc) is 3.22. The molecule has 0 saturated carbocycles. The number of nitrogens with one attached hydrogen (secondary N) is 1. The van der Waals surface area contributed by atoms with Crippen LogP contribution in [0.15, 0.2) is 48.5 Å². The molecule has 1 fully saturated rings. The Morgan fingerprint density at radius 1 is 1.03 bits per heavy atom. The number of carbonyl (C=O) groups excluding carboxylic acids is 1. The van der Waals surface area contributed by atoms with Gasteiger partial charge in [0.25, 0.3) is 0 Å². The minimum Gasteiger partial charge on any atom is -0.496 e. The van der Waals surface area contributed by atoms with Crippen molar-refractivity contribution < 1.29 is 24.2 Å². The summed E-state index contributed by atoms with van der Waals surface area (Å²) < 4.78 is 11.3. The molecule has 1 amide bonds. The van der Waals surface area contributed by atoms with Crippen molar-refractivity contribution in [3.8, 4) is 5.75 Å². The number of carbonyl (C=O) groups is 2. The molecule has 7 heteroatoms. The zero-order valence-electron chi connectivity index (χ0n) is 24.9. The van der Waals surface area contributed by atoms with E-state index in [9.17, 15) is 14.7 Å². The first-order valence-corrected chi connectivity index (χ1v) is 13.8. The van der Waals surface area contributed by atoms with Crippen molar-refractivity contribution in [3.05, 3.63) is 65.2 Å². The molecule has 2 aromatic carbocycles. The molecule has 2 N–H and O–H groups in total. The molecule has 0 aromatic heterocycles. The molecule has 214 valence electrons. The molecule has 39 heavy (non-hydrogen) atoms. The Hall–Kier alpha value is -3.06. The van der Waals surface area contributed by atoms with Crippen molar-refractivity contribution in [1.82, 2.24) is 10.2 Å². The number of rotatable bonds is 8. The lowest BCUT2D eigenvalue weighted by Crippen LogP contribution is -2.48. The molecule has 0 spiro atoms. The third-order valence-electron chi connectivity index (χ3n) is 7.49. The number of hydrogen-bond donors (Lipinski definition) is 2. The molecule has 3 rings (SSSR count). The largest absolute Gasteiger partial charge is 0.496 e. The Morgan fingerprint density at radius 2 is 1.67 bits per heavy atom. The molecule has 4 atom stereocenters. The highest BCUT2D eigenvalue weighted by atomic mass is 16.6. The first kappa shape index (κ1) is 30.5. The molecule has 0 bridgehead atoms. The van der Waals surface area contributed by atoms with E-state index in [1.807, 2.05) is 71.0 Å². The van der Waals surface area contributed by atoms with Crippen molar-refractivity contribution in [2.24, 2.45) is 17.3 Å². The maximum atomic E-state index is 13.6. The van der Waals surface area contributed by atoms with Crippen molar-refractivity contribution in [3.63, 3.8) is 0 Å². The van der Waals surface area contributed by atoms with Gasteiger partial charge in [0.15, 0.2) is 0 Å². The number of likely N-dealkylation sites (tertiary alicyclic amines) is 1. The summed E-state index contributed by atoms with van der Waals surface area (Å²) in [6, 6.07) is 13.9. The number of amides is 1. The fourth-order valence-electron chi connectivity index (χ4n) is 5.60. The predicted octanol–water partition coefficient (Wildman–Crippen LogP) is 6.42. The van der Waals surface area contributed by atoms with E-state index in [1.165, 1.54) is 10.5 Å². The number of ether oxygens (including phenoxy) is 2. The number of carboxylic acids is 1. The maximum Gasteiger partial charge on any atom is 0.411 e. The van der Waals surface area contributed by atoms with E-state index >= 15 is 0 Å². The van der Waals surface area contributed by atoms with Crippen LogP contribution in [0.25, 0.3) is 0 Å². The van der Waals surface area contributed by atoms with Crippen molar-refractivity contribution >= 4 is 12.1 Å². The quantitative estimate of drug-likeness (QED) is 0.403. The van der Waals surface area contributed by atoms with Gasteiger partial charge in [-0.25, -0.2) is 9.59 Å². The van der Waals surface area contributed by atoms with Crippen LogP contribution in [0.5, 0.6) is 5.75 Å². The van der Waals surface area contributed by atoms with E-state index in [2.05, 4.69) is 38.2 Å². The van der Waals surface area contributed by atoms with Gasteiger partial charge >= 0.3 is 12.1 Å². The topological polar surface area (TPSA) is 88.1 Å². The molecule has 1 saturated heterocycles. The summed E-state index contributed by atoms with van der Waals surface area (Å²) in [6.07, 6.45) is -0.601. The first-order chi connectivity index (χ1) is 18.2. The smallest absolute Gasteiger partial charge is 0.411 e. The van der Waals surface area contributed by atoms with Gasteiger partial charge in [-0.2, -0.15) is 0 Å². The Labute approximate surface area is 233 Å². The van der Waals surface area contributed by atoms with Crippen molar-refractivity contribution in [2.45, 2.75) is 85.5 Å². The Morgan fingerprint density at radius 3 is 2.18 bits per heavy atom. The summed E-state index contributed by atoms with van der Waals surface area (Å²) in [4.78, 5) is 27.9. The summed E-state index contributed by atoms with van der Waals surface area (Å²) >= 11 is 0. The van der Waals surface area contributed by atoms with Crippen molar-refractivity contribution in [1.29, 1.82) is 0 Å². The highest BCUT2D eigenvalue weighted by Gasteiger charge is 2.58. The van der Waals surface area contributed by atoms with E-state index in [4.69, 9.17) is 9.47 Å². The molecule has 0 aliphatic carbocycles. The maximum absolute atomic E-state index is 13.6. The summed E-state index contributed by atoms with van der Waals surface area (Å²) in [5.41, 5.74) is 2.56. The lowest BCUT2D eigenvalue weighted by atomic mass is 9.72. The first-order valence-electron chi connectivity index (χ1n) is 13.8. The predicted molar refractivity (Wildman–Crippen MR) is 154 cm³/mol. The van der Waals surface area contributed by atoms with Crippen LogP contribution in [0.3, 0.4) is 0 Å². The second kappa shape index (κ2) is 12.0. The van der Waals surface area contributed by atoms with Crippen LogP contribution in [0.4, 0.5) is 4.79 Å². The number of methoxy groups -OCH3 is 1. The van der Waals surface area contributed by atoms with Crippen LogP contribution < -0.4 is 10.1 Å². The van der Waals surface area contributed by atoms with E-state index in [-0.39, 0.29) is 24.0 Å². The zero-order chi connectivity index (χ0) is 29.1. The molecule has 1 aliphatic rings. The van der Waals surface area contributed by atoms with Crippen LogP contribution in [0, 0.1) is 17.3 Å². The van der Waals surface area contributed by atoms with Gasteiger partial charge in [0.2, 0.25) is 0 Å². The minimum absolute atomic E-state index is 0.0414. The lowest BCUT2D eigenvalue weighted by Gasteiger charge is -2.35. The Balaban J connectivity index is 2.12. The third kappa shape index (κ3) is 6.93. The summed E-state index contributed by atoms with van der Waals surface area (Å²) in [7, 11) is 1.66. The zero-order valence-corrected chi connectivity index (χ0v) is 24.9. The van der Waals surface area contributed by atoms with Gasteiger partial charge in [-0.1, -0.05) is 97.9 Å². The number of hydrogen-bond acceptors (Lipinski definition) is 5. The van der Waals surface area contributed by atoms with Crippen LogP contribution >= 0.6 is 0 Å². The standard InChI is InChI=1S/C32H46N2O5/c1-20(2)19-39-30(37)34-27(21-13-11-10-12-14-21)26(25(32(6,7)8)28(34)29(35)36)33-18-22-17-23(31(3,4)5)15-16-24(22)38-9/h10-17,20,25-28,33H,18-19H2,1-9H3,(H,35,36)/t25-,26-,27-,28-/m0/s1. The van der Waals surface area contributed by atoms with E-state index in [1.54, 1.807) is 7.11 Å². The summed E-state index contributed by atoms with van der Waals surface area (Å²) in [5.74, 6) is -0.539. The van der Waals surface area contributed by atoms with Gasteiger partial charge in [0.05, 0.1) is 19.8 Å². The second-order valence-corrected chi connectivity index (χ2v) is 13.1. The minimum atomic E-state index is -1.06. The fourth-order valence-corrected chi connectivity index (χ4v) is 5.60. The van der Waals surface area contributed by atoms with Gasteiger partial charge in [-0.05, 0) is 33.9 Å². The van der Waals surface area contributed by atoms with Gasteiger partial charge < -0.3 is 19.9 Å². The van der Waals surface area contributed by atoms with Gasteiger partial charge in [0, 0.05) is 24.1 Å². The molecule has 7 nitrogen and oxygen atoms in total.